The Morgan fingerprint density at radius 1 is 1.08 bits per heavy atom. The highest BCUT2D eigenvalue weighted by molar-refractivity contribution is 8.19. The van der Waals surface area contributed by atoms with Crippen molar-refractivity contribution in [2.45, 2.75) is 57.1 Å². The maximum absolute atomic E-state index is 2.28. The second-order valence-electron chi connectivity index (χ2n) is 3.83. The summed E-state index contributed by atoms with van der Waals surface area (Å²) in [5.74, 6) is 1.42. The quantitative estimate of drug-likeness (QED) is 0.575. The fraction of sp³-hybridized carbons (Fsp3) is 1.00. The second-order valence-corrected chi connectivity index (χ2v) is 6.52. The number of hydrogen-bond donors (Lipinski definition) is 0. The molecule has 2 heteroatoms. The van der Waals surface area contributed by atoms with Crippen molar-refractivity contribution in [1.82, 2.24) is 0 Å². The van der Waals surface area contributed by atoms with Crippen LogP contribution in [0.5, 0.6) is 0 Å². The third-order valence-electron chi connectivity index (χ3n) is 2.57. The minimum Gasteiger partial charge on any atom is -0.150 e. The van der Waals surface area contributed by atoms with E-state index in [-0.39, 0.29) is 0 Å². The summed E-state index contributed by atoms with van der Waals surface area (Å²) < 4.78 is 0. The third-order valence-corrected chi connectivity index (χ3v) is 5.50. The van der Waals surface area contributed by atoms with Gasteiger partial charge in [0, 0.05) is 16.1 Å². The van der Waals surface area contributed by atoms with Gasteiger partial charge in [-0.1, -0.05) is 45.4 Å². The monoisotopic (exact) mass is 218 g/mol. The lowest BCUT2D eigenvalue weighted by Crippen LogP contribution is -1.99. The molecule has 0 N–H and O–H groups in total. The van der Waals surface area contributed by atoms with E-state index in [1.165, 1.54) is 55.8 Å². The zero-order valence-electron chi connectivity index (χ0n) is 8.76. The van der Waals surface area contributed by atoms with E-state index in [0.717, 1.165) is 5.25 Å². The van der Waals surface area contributed by atoms with Crippen LogP contribution in [0.2, 0.25) is 0 Å². The number of unbranched alkanes of at least 4 members (excludes halogenated alkanes) is 5. The molecule has 1 heterocycles. The Morgan fingerprint density at radius 2 is 1.85 bits per heavy atom. The molecular formula is C11H22S2. The van der Waals surface area contributed by atoms with Gasteiger partial charge in [0.15, 0.2) is 0 Å². The predicted octanol–water partition coefficient (Wildman–Crippen LogP) is 4.54. The highest BCUT2D eigenvalue weighted by atomic mass is 32.2. The highest BCUT2D eigenvalue weighted by Crippen LogP contribution is 2.32. The average molecular weight is 218 g/mol. The van der Waals surface area contributed by atoms with Gasteiger partial charge in [0.05, 0.1) is 0 Å². The van der Waals surface area contributed by atoms with Crippen molar-refractivity contribution in [3.05, 3.63) is 0 Å². The van der Waals surface area contributed by atoms with Crippen LogP contribution in [0.25, 0.3) is 0 Å². The van der Waals surface area contributed by atoms with Crippen LogP contribution in [0.4, 0.5) is 0 Å². The van der Waals surface area contributed by atoms with E-state index in [2.05, 4.69) is 30.4 Å². The van der Waals surface area contributed by atoms with E-state index in [9.17, 15) is 0 Å². The molecule has 1 aliphatic rings. The van der Waals surface area contributed by atoms with Crippen molar-refractivity contribution < 1.29 is 0 Å². The van der Waals surface area contributed by atoms with Crippen molar-refractivity contribution in [3.63, 3.8) is 0 Å². The van der Waals surface area contributed by atoms with Gasteiger partial charge < -0.3 is 0 Å². The highest BCUT2D eigenvalue weighted by Gasteiger charge is 2.14. The van der Waals surface area contributed by atoms with E-state index in [0.29, 0.717) is 0 Å². The summed E-state index contributed by atoms with van der Waals surface area (Å²) in [5, 5.41) is 2.34. The van der Waals surface area contributed by atoms with Gasteiger partial charge in [-0.25, -0.2) is 0 Å². The predicted molar refractivity (Wildman–Crippen MR) is 66.7 cm³/mol. The first-order chi connectivity index (χ1) is 6.43. The standard InChI is InChI=1S/C11H22S2/c1-2-3-4-5-6-7-8-11-9-12-10-13-11/h11H,2-10H2,1H3. The molecule has 1 unspecified atom stereocenters. The number of hydrogen-bond acceptors (Lipinski definition) is 2. The summed E-state index contributed by atoms with van der Waals surface area (Å²) in [6.45, 7) is 2.28. The normalized spacial score (nSPS) is 22.4. The molecule has 0 nitrogen and oxygen atoms in total. The van der Waals surface area contributed by atoms with E-state index in [1.807, 2.05) is 0 Å². The first kappa shape index (κ1) is 11.8. The zero-order valence-corrected chi connectivity index (χ0v) is 10.4. The molecule has 13 heavy (non-hydrogen) atoms. The molecule has 1 atom stereocenters. The van der Waals surface area contributed by atoms with Gasteiger partial charge in [-0.3, -0.25) is 0 Å². The van der Waals surface area contributed by atoms with Crippen molar-refractivity contribution in [3.8, 4) is 0 Å². The Labute approximate surface area is 91.6 Å². The van der Waals surface area contributed by atoms with Crippen LogP contribution in [0.1, 0.15) is 51.9 Å². The van der Waals surface area contributed by atoms with Crippen molar-refractivity contribution >= 4 is 23.5 Å². The van der Waals surface area contributed by atoms with Gasteiger partial charge in [0.1, 0.15) is 0 Å². The van der Waals surface area contributed by atoms with Crippen LogP contribution in [-0.4, -0.2) is 16.1 Å². The summed E-state index contributed by atoms with van der Waals surface area (Å²) in [7, 11) is 0. The van der Waals surface area contributed by atoms with Crippen molar-refractivity contribution in [2.24, 2.45) is 0 Å². The SMILES string of the molecule is CCCCCCCCC1CSCS1. The average Bonchev–Trinajstić information content (AvgIpc) is 2.63. The molecule has 0 spiro atoms. The first-order valence-electron chi connectivity index (χ1n) is 5.63. The second kappa shape index (κ2) is 8.05. The van der Waals surface area contributed by atoms with Crippen LogP contribution >= 0.6 is 23.5 Å². The van der Waals surface area contributed by atoms with Crippen LogP contribution in [0.3, 0.4) is 0 Å². The fourth-order valence-corrected chi connectivity index (χ4v) is 4.67. The minimum atomic E-state index is 0.996. The maximum atomic E-state index is 2.28. The Kier molecular flexibility index (Phi) is 7.29. The van der Waals surface area contributed by atoms with E-state index in [1.54, 1.807) is 0 Å². The molecule has 0 aromatic carbocycles. The van der Waals surface area contributed by atoms with Crippen LogP contribution in [-0.2, 0) is 0 Å². The molecule has 1 fully saturated rings. The smallest absolute Gasteiger partial charge is 0.0395 e. The molecule has 0 saturated carbocycles. The fourth-order valence-electron chi connectivity index (χ4n) is 1.69. The molecule has 0 aliphatic carbocycles. The lowest BCUT2D eigenvalue weighted by atomic mass is 10.1. The van der Waals surface area contributed by atoms with Gasteiger partial charge in [-0.15, -0.1) is 23.5 Å². The Hall–Kier alpha value is 0.700. The summed E-state index contributed by atoms with van der Waals surface area (Å²) in [6.07, 6.45) is 10.2. The molecule has 0 bridgehead atoms. The van der Waals surface area contributed by atoms with Gasteiger partial charge in [0.25, 0.3) is 0 Å². The Bertz CT molecular complexity index is 109. The van der Waals surface area contributed by atoms with Crippen molar-refractivity contribution in [2.75, 3.05) is 10.8 Å². The molecule has 0 aromatic rings. The van der Waals surface area contributed by atoms with E-state index < -0.39 is 0 Å². The zero-order chi connectivity index (χ0) is 9.36. The van der Waals surface area contributed by atoms with Crippen LogP contribution in [0.15, 0.2) is 0 Å². The number of thioether (sulfide) groups is 2. The molecule has 78 valence electrons. The first-order valence-corrected chi connectivity index (χ1v) is 7.83. The van der Waals surface area contributed by atoms with Gasteiger partial charge in [0.2, 0.25) is 0 Å². The molecule has 1 rings (SSSR count). The summed E-state index contributed by atoms with van der Waals surface area (Å²) in [4.78, 5) is 0. The molecule has 1 aliphatic heterocycles. The molecule has 0 radical (unpaired) electrons. The van der Waals surface area contributed by atoms with E-state index in [4.69, 9.17) is 0 Å². The van der Waals surface area contributed by atoms with Gasteiger partial charge >= 0.3 is 0 Å². The third kappa shape index (κ3) is 5.90. The minimum absolute atomic E-state index is 0.996. The molecule has 1 saturated heterocycles. The van der Waals surface area contributed by atoms with Crippen molar-refractivity contribution in [1.29, 1.82) is 0 Å². The lowest BCUT2D eigenvalue weighted by molar-refractivity contribution is 0.590. The largest absolute Gasteiger partial charge is 0.150 e. The lowest BCUT2D eigenvalue weighted by Gasteiger charge is -2.06. The van der Waals surface area contributed by atoms with Gasteiger partial charge in [-0.2, -0.15) is 0 Å². The molecule has 0 amide bonds. The summed E-state index contributed by atoms with van der Waals surface area (Å²) in [5.41, 5.74) is 0. The maximum Gasteiger partial charge on any atom is 0.0395 e. The summed E-state index contributed by atoms with van der Waals surface area (Å²) in [6, 6.07) is 0. The Morgan fingerprint density at radius 3 is 2.54 bits per heavy atom. The molecule has 0 aromatic heterocycles. The van der Waals surface area contributed by atoms with Crippen LogP contribution in [0, 0.1) is 0 Å². The molecular weight excluding hydrogens is 196 g/mol. The van der Waals surface area contributed by atoms with Crippen LogP contribution < -0.4 is 0 Å². The number of rotatable bonds is 7. The summed E-state index contributed by atoms with van der Waals surface area (Å²) >= 11 is 4.29. The van der Waals surface area contributed by atoms with Gasteiger partial charge in [-0.05, 0) is 6.42 Å². The van der Waals surface area contributed by atoms with E-state index >= 15 is 0 Å². The Balaban J connectivity index is 1.78. The topological polar surface area (TPSA) is 0 Å².